The van der Waals surface area contributed by atoms with Crippen molar-refractivity contribution in [2.24, 2.45) is 4.99 Å². The summed E-state index contributed by atoms with van der Waals surface area (Å²) in [6, 6.07) is 11.5. The summed E-state index contributed by atoms with van der Waals surface area (Å²) in [7, 11) is 2.16. The number of nitrogens with one attached hydrogen (secondary N) is 2. The summed E-state index contributed by atoms with van der Waals surface area (Å²) in [4.78, 5) is 7.11. The van der Waals surface area contributed by atoms with Crippen molar-refractivity contribution in [1.82, 2.24) is 15.5 Å². The van der Waals surface area contributed by atoms with Gasteiger partial charge >= 0.3 is 0 Å². The van der Waals surface area contributed by atoms with Gasteiger partial charge in [0.05, 0.1) is 6.54 Å². The minimum atomic E-state index is 0.396. The lowest BCUT2D eigenvalue weighted by atomic mass is 10.2. The molecule has 2 rings (SSSR count). The molecule has 1 aromatic rings. The molecule has 0 saturated heterocycles. The Kier molecular flexibility index (Phi) is 7.14. The highest BCUT2D eigenvalue weighted by atomic mass is 15.2. The molecule has 1 aliphatic rings. The summed E-state index contributed by atoms with van der Waals surface area (Å²) < 4.78 is 0. The highest BCUT2D eigenvalue weighted by Crippen LogP contribution is 2.09. The quantitative estimate of drug-likeness (QED) is 0.462. The molecule has 126 valence electrons. The van der Waals surface area contributed by atoms with Crippen LogP contribution in [0.4, 0.5) is 0 Å². The van der Waals surface area contributed by atoms with Gasteiger partial charge in [-0.1, -0.05) is 42.5 Å². The Morgan fingerprint density at radius 3 is 2.61 bits per heavy atom. The lowest BCUT2D eigenvalue weighted by Crippen LogP contribution is -2.43. The maximum atomic E-state index is 4.76. The molecule has 0 bridgehead atoms. The van der Waals surface area contributed by atoms with E-state index in [0.29, 0.717) is 12.1 Å². The molecule has 1 unspecified atom stereocenters. The van der Waals surface area contributed by atoms with Crippen molar-refractivity contribution in [1.29, 1.82) is 0 Å². The fraction of sp³-hybridized carbons (Fsp3) is 0.526. The molecule has 0 aliphatic heterocycles. The first-order valence-corrected chi connectivity index (χ1v) is 8.63. The lowest BCUT2D eigenvalue weighted by molar-refractivity contribution is 0.255. The molecule has 0 saturated carbocycles. The van der Waals surface area contributed by atoms with Crippen LogP contribution in [0.2, 0.25) is 0 Å². The van der Waals surface area contributed by atoms with Crippen molar-refractivity contribution >= 4 is 5.96 Å². The number of hydrogen-bond donors (Lipinski definition) is 2. The summed E-state index contributed by atoms with van der Waals surface area (Å²) >= 11 is 0. The second-order valence-electron chi connectivity index (χ2n) is 6.25. The third-order valence-electron chi connectivity index (χ3n) is 4.23. The van der Waals surface area contributed by atoms with E-state index in [9.17, 15) is 0 Å². The molecule has 0 amide bonds. The third-order valence-corrected chi connectivity index (χ3v) is 4.23. The highest BCUT2D eigenvalue weighted by Gasteiger charge is 2.13. The van der Waals surface area contributed by atoms with Crippen molar-refractivity contribution in [3.05, 3.63) is 48.0 Å². The summed E-state index contributed by atoms with van der Waals surface area (Å²) in [5, 5.41) is 6.86. The van der Waals surface area contributed by atoms with Crippen LogP contribution >= 0.6 is 0 Å². The molecule has 23 heavy (non-hydrogen) atoms. The van der Waals surface area contributed by atoms with E-state index in [0.717, 1.165) is 38.4 Å². The zero-order valence-corrected chi connectivity index (χ0v) is 14.6. The Morgan fingerprint density at radius 2 is 1.96 bits per heavy atom. The van der Waals surface area contributed by atoms with Crippen LogP contribution in [0, 0.1) is 0 Å². The van der Waals surface area contributed by atoms with Crippen molar-refractivity contribution < 1.29 is 0 Å². The van der Waals surface area contributed by atoms with E-state index in [1.54, 1.807) is 0 Å². The number of likely N-dealkylation sites (N-methyl/N-ethyl adjacent to an activating group) is 1. The first-order valence-electron chi connectivity index (χ1n) is 8.63. The summed E-state index contributed by atoms with van der Waals surface area (Å²) in [6.07, 6.45) is 6.65. The molecule has 0 radical (unpaired) electrons. The molecular weight excluding hydrogens is 284 g/mol. The molecule has 0 heterocycles. The Labute approximate surface area is 140 Å². The first kappa shape index (κ1) is 17.5. The second kappa shape index (κ2) is 9.36. The van der Waals surface area contributed by atoms with E-state index in [2.05, 4.69) is 78.9 Å². The predicted molar refractivity (Wildman–Crippen MR) is 98.6 cm³/mol. The molecule has 0 aromatic heterocycles. The molecular formula is C19H30N4. The number of rotatable bonds is 7. The van der Waals surface area contributed by atoms with Crippen LogP contribution in [0.3, 0.4) is 0 Å². The van der Waals surface area contributed by atoms with Crippen molar-refractivity contribution in [3.63, 3.8) is 0 Å². The summed E-state index contributed by atoms with van der Waals surface area (Å²) in [5.74, 6) is 0.932. The molecule has 1 atom stereocenters. The third kappa shape index (κ3) is 6.06. The maximum absolute atomic E-state index is 4.76. The monoisotopic (exact) mass is 314 g/mol. The van der Waals surface area contributed by atoms with E-state index >= 15 is 0 Å². The molecule has 0 fully saturated rings. The largest absolute Gasteiger partial charge is 0.357 e. The topological polar surface area (TPSA) is 39.7 Å². The van der Waals surface area contributed by atoms with Crippen LogP contribution in [0.1, 0.15) is 32.3 Å². The number of benzene rings is 1. The number of aliphatic imine (C=N–C) groups is 1. The molecule has 1 aliphatic carbocycles. The van der Waals surface area contributed by atoms with E-state index in [1.807, 2.05) is 0 Å². The highest BCUT2D eigenvalue weighted by molar-refractivity contribution is 5.80. The van der Waals surface area contributed by atoms with Crippen molar-refractivity contribution in [3.8, 4) is 0 Å². The standard InChI is InChI=1S/C19H30N4/c1-4-20-19(22-18-12-8-9-13-18)21-14-16(2)23(3)15-17-10-6-5-7-11-17/h5-11,16,18H,4,12-15H2,1-3H3,(H2,20,21,22). The zero-order chi connectivity index (χ0) is 16.5. The number of nitrogens with zero attached hydrogens (tertiary/aromatic N) is 2. The lowest BCUT2D eigenvalue weighted by Gasteiger charge is -2.24. The number of hydrogen-bond acceptors (Lipinski definition) is 2. The van der Waals surface area contributed by atoms with E-state index < -0.39 is 0 Å². The minimum Gasteiger partial charge on any atom is -0.357 e. The van der Waals surface area contributed by atoms with Crippen LogP contribution in [-0.4, -0.2) is 43.1 Å². The van der Waals surface area contributed by atoms with Gasteiger partial charge in [0, 0.05) is 25.2 Å². The van der Waals surface area contributed by atoms with E-state index in [4.69, 9.17) is 4.99 Å². The van der Waals surface area contributed by atoms with Gasteiger partial charge in [0.15, 0.2) is 5.96 Å². The van der Waals surface area contributed by atoms with Crippen LogP contribution in [-0.2, 0) is 6.54 Å². The normalized spacial score (nSPS) is 16.8. The van der Waals surface area contributed by atoms with Crippen molar-refractivity contribution in [2.45, 2.75) is 45.3 Å². The van der Waals surface area contributed by atoms with Gasteiger partial charge in [0.1, 0.15) is 0 Å². The van der Waals surface area contributed by atoms with Gasteiger partial charge in [-0.25, -0.2) is 0 Å². The molecule has 0 spiro atoms. The van der Waals surface area contributed by atoms with Gasteiger partial charge in [0.2, 0.25) is 0 Å². The van der Waals surface area contributed by atoms with Gasteiger partial charge in [-0.3, -0.25) is 9.89 Å². The van der Waals surface area contributed by atoms with Gasteiger partial charge in [-0.2, -0.15) is 0 Å². The Morgan fingerprint density at radius 1 is 1.26 bits per heavy atom. The first-order chi connectivity index (χ1) is 11.2. The molecule has 1 aromatic carbocycles. The van der Waals surface area contributed by atoms with Crippen LogP contribution < -0.4 is 10.6 Å². The second-order valence-corrected chi connectivity index (χ2v) is 6.25. The van der Waals surface area contributed by atoms with Crippen LogP contribution in [0.25, 0.3) is 0 Å². The van der Waals surface area contributed by atoms with E-state index in [1.165, 1.54) is 5.56 Å². The van der Waals surface area contributed by atoms with Gasteiger partial charge in [0.25, 0.3) is 0 Å². The fourth-order valence-electron chi connectivity index (χ4n) is 2.64. The molecule has 4 nitrogen and oxygen atoms in total. The van der Waals surface area contributed by atoms with Gasteiger partial charge < -0.3 is 10.6 Å². The van der Waals surface area contributed by atoms with Crippen molar-refractivity contribution in [2.75, 3.05) is 20.1 Å². The smallest absolute Gasteiger partial charge is 0.191 e. The van der Waals surface area contributed by atoms with Crippen LogP contribution in [0.15, 0.2) is 47.5 Å². The molecule has 4 heteroatoms. The average Bonchev–Trinajstić information content (AvgIpc) is 3.06. The van der Waals surface area contributed by atoms with Gasteiger partial charge in [-0.05, 0) is 39.3 Å². The molecule has 2 N–H and O–H groups in total. The predicted octanol–water partition coefficient (Wildman–Crippen LogP) is 2.78. The van der Waals surface area contributed by atoms with E-state index in [-0.39, 0.29) is 0 Å². The zero-order valence-electron chi connectivity index (χ0n) is 14.6. The van der Waals surface area contributed by atoms with Gasteiger partial charge in [-0.15, -0.1) is 0 Å². The fourth-order valence-corrected chi connectivity index (χ4v) is 2.64. The maximum Gasteiger partial charge on any atom is 0.191 e. The average molecular weight is 314 g/mol. The van der Waals surface area contributed by atoms with Crippen LogP contribution in [0.5, 0.6) is 0 Å². The summed E-state index contributed by atoms with van der Waals surface area (Å²) in [5.41, 5.74) is 1.34. The Balaban J connectivity index is 1.84. The SMILES string of the molecule is CCNC(=NCC(C)N(C)Cc1ccccc1)NC1CC=CC1. The Bertz CT molecular complexity index is 501. The number of guanidine groups is 1. The minimum absolute atomic E-state index is 0.396. The summed E-state index contributed by atoms with van der Waals surface area (Å²) in [6.45, 7) is 6.97. The Hall–Kier alpha value is -1.81.